The van der Waals surface area contributed by atoms with Crippen molar-refractivity contribution < 1.29 is 33.8 Å². The molecule has 0 saturated heterocycles. The van der Waals surface area contributed by atoms with Crippen LogP contribution in [-0.4, -0.2) is 37.0 Å². The van der Waals surface area contributed by atoms with Crippen LogP contribution < -0.4 is 16.0 Å². The van der Waals surface area contributed by atoms with Crippen LogP contribution in [0.3, 0.4) is 0 Å². The van der Waals surface area contributed by atoms with E-state index in [9.17, 15) is 24.3 Å². The molecular weight excluding hydrogens is 344 g/mol. The van der Waals surface area contributed by atoms with Gasteiger partial charge in [0.05, 0.1) is 19.1 Å². The van der Waals surface area contributed by atoms with Crippen molar-refractivity contribution in [2.75, 3.05) is 13.2 Å². The molecule has 0 unspecified atom stereocenters. The van der Waals surface area contributed by atoms with Crippen molar-refractivity contribution in [1.29, 1.82) is 0 Å². The molecule has 9 nitrogen and oxygen atoms in total. The van der Waals surface area contributed by atoms with Gasteiger partial charge < -0.3 is 24.8 Å². The summed E-state index contributed by atoms with van der Waals surface area (Å²) in [6.45, 7) is 3.29. The maximum atomic E-state index is 12.4. The number of aliphatic carboxylic acids is 1. The van der Waals surface area contributed by atoms with E-state index in [1.165, 1.54) is 0 Å². The van der Waals surface area contributed by atoms with Gasteiger partial charge in [0.1, 0.15) is 0 Å². The summed E-state index contributed by atoms with van der Waals surface area (Å²) < 4.78 is 9.52. The zero-order valence-electron chi connectivity index (χ0n) is 14.5. The molecule has 1 saturated carbocycles. The first kappa shape index (κ1) is 19.5. The van der Waals surface area contributed by atoms with Crippen molar-refractivity contribution in [3.05, 3.63) is 23.9 Å². The third-order valence-electron chi connectivity index (χ3n) is 4.44. The Morgan fingerprint density at radius 2 is 1.58 bits per heavy atom. The highest BCUT2D eigenvalue weighted by Gasteiger charge is 2.48. The molecule has 2 bridgehead atoms. The maximum absolute atomic E-state index is 12.4. The van der Waals surface area contributed by atoms with Gasteiger partial charge in [0.15, 0.2) is 5.57 Å². The van der Waals surface area contributed by atoms with Crippen LogP contribution in [-0.2, 0) is 28.7 Å². The van der Waals surface area contributed by atoms with Gasteiger partial charge in [-0.3, -0.25) is 10.2 Å². The molecule has 26 heavy (non-hydrogen) atoms. The molecule has 9 heteroatoms. The Kier molecular flexibility index (Phi) is 6.37. The molecule has 2 rings (SSSR count). The van der Waals surface area contributed by atoms with Crippen LogP contribution >= 0.6 is 0 Å². The van der Waals surface area contributed by atoms with Gasteiger partial charge in [0, 0.05) is 18.1 Å². The number of ether oxygens (including phenoxy) is 2. The van der Waals surface area contributed by atoms with E-state index in [1.54, 1.807) is 19.9 Å². The van der Waals surface area contributed by atoms with Crippen molar-refractivity contribution in [3.8, 4) is 0 Å². The number of rotatable bonds is 8. The van der Waals surface area contributed by atoms with Crippen LogP contribution in [0.1, 0.15) is 20.3 Å². The van der Waals surface area contributed by atoms with Gasteiger partial charge in [0.2, 0.25) is 5.91 Å². The number of esters is 2. The lowest BCUT2D eigenvalue weighted by Crippen LogP contribution is -2.47. The normalized spacial score (nSPS) is 25.3. The van der Waals surface area contributed by atoms with Gasteiger partial charge in [-0.25, -0.2) is 9.59 Å². The summed E-state index contributed by atoms with van der Waals surface area (Å²) in [5, 5.41) is 11.3. The summed E-state index contributed by atoms with van der Waals surface area (Å²) in [5.41, 5.74) is 4.25. The molecule has 0 aromatic heterocycles. The van der Waals surface area contributed by atoms with Crippen molar-refractivity contribution in [1.82, 2.24) is 10.9 Å². The Hall–Kier alpha value is -2.84. The molecule has 0 heterocycles. The number of carboxylic acid groups (broad SMARTS) is 1. The average molecular weight is 365 g/mol. The summed E-state index contributed by atoms with van der Waals surface area (Å²) in [6, 6.07) is 0. The summed E-state index contributed by atoms with van der Waals surface area (Å²) in [4.78, 5) is 47.3. The van der Waals surface area contributed by atoms with E-state index in [0.717, 1.165) is 6.20 Å². The number of carbonyl (C=O) groups excluding carboxylic acids is 4. The molecule has 0 aromatic carbocycles. The van der Waals surface area contributed by atoms with E-state index in [-0.39, 0.29) is 25.0 Å². The summed E-state index contributed by atoms with van der Waals surface area (Å²) >= 11 is 0. The molecule has 0 radical (unpaired) electrons. The molecule has 2 aliphatic carbocycles. The maximum Gasteiger partial charge on any atom is 0.347 e. The molecular formula is C17H21N2O7-. The number of carbonyl (C=O) groups is 4. The molecule has 2 aliphatic rings. The Labute approximate surface area is 150 Å². The number of nitrogens with one attached hydrogen (secondary N) is 2. The van der Waals surface area contributed by atoms with Gasteiger partial charge >= 0.3 is 11.9 Å². The monoisotopic (exact) mass is 365 g/mol. The van der Waals surface area contributed by atoms with Gasteiger partial charge in [-0.2, -0.15) is 0 Å². The fourth-order valence-electron chi connectivity index (χ4n) is 3.38. The zero-order valence-corrected chi connectivity index (χ0v) is 14.5. The van der Waals surface area contributed by atoms with Gasteiger partial charge in [0.25, 0.3) is 0 Å². The Bertz CT molecular complexity index is 635. The molecule has 1 amide bonds. The second-order valence-electron chi connectivity index (χ2n) is 5.95. The minimum absolute atomic E-state index is 0.0622. The van der Waals surface area contributed by atoms with Crippen LogP contribution in [0.4, 0.5) is 0 Å². The van der Waals surface area contributed by atoms with E-state index in [4.69, 9.17) is 9.47 Å². The fourth-order valence-corrected chi connectivity index (χ4v) is 3.38. The number of amides is 1. The largest absolute Gasteiger partial charge is 0.550 e. The fraction of sp³-hybridized carbons (Fsp3) is 0.529. The first-order valence-electron chi connectivity index (χ1n) is 8.39. The smallest absolute Gasteiger partial charge is 0.347 e. The highest BCUT2D eigenvalue weighted by Crippen LogP contribution is 2.47. The lowest BCUT2D eigenvalue weighted by atomic mass is 9.82. The van der Waals surface area contributed by atoms with E-state index in [2.05, 4.69) is 10.9 Å². The van der Waals surface area contributed by atoms with Gasteiger partial charge in [-0.1, -0.05) is 12.2 Å². The molecule has 142 valence electrons. The third kappa shape index (κ3) is 4.04. The SMILES string of the molecule is CCOC(=O)C(=CNNC(=O)[C@@H]1[C@@H](C(=O)[O-])[C@H]2C=C[C@@H]1C2)C(=O)OCC. The topological polar surface area (TPSA) is 134 Å². The van der Waals surface area contributed by atoms with E-state index >= 15 is 0 Å². The highest BCUT2D eigenvalue weighted by atomic mass is 16.6. The van der Waals surface area contributed by atoms with Gasteiger partial charge in [-0.15, -0.1) is 0 Å². The van der Waals surface area contributed by atoms with Crippen LogP contribution in [0, 0.1) is 23.7 Å². The second kappa shape index (κ2) is 8.50. The van der Waals surface area contributed by atoms with Crippen molar-refractivity contribution in [2.24, 2.45) is 23.7 Å². The predicted molar refractivity (Wildman–Crippen MR) is 85.4 cm³/mol. The summed E-state index contributed by atoms with van der Waals surface area (Å²) in [7, 11) is 0. The molecule has 0 aromatic rings. The van der Waals surface area contributed by atoms with Crippen LogP contribution in [0.15, 0.2) is 23.9 Å². The van der Waals surface area contributed by atoms with Crippen molar-refractivity contribution in [2.45, 2.75) is 20.3 Å². The number of hydrogen-bond donors (Lipinski definition) is 2. The average Bonchev–Trinajstić information content (AvgIpc) is 3.19. The first-order valence-corrected chi connectivity index (χ1v) is 8.39. The minimum atomic E-state index is -1.27. The number of fused-ring (bicyclic) bond motifs is 2. The Morgan fingerprint density at radius 1 is 1.04 bits per heavy atom. The summed E-state index contributed by atoms with van der Waals surface area (Å²) in [5.74, 6) is -5.69. The predicted octanol–water partition coefficient (Wildman–Crippen LogP) is -1.19. The standard InChI is InChI=1S/C17H22N2O7/c1-3-25-16(23)11(17(24)26-4-2)8-18-19-14(20)12-9-5-6-10(7-9)13(12)15(21)22/h5-6,8-10,12-13,18H,3-4,7H2,1-2H3,(H,19,20)(H,21,22)/p-1/t9-,10+,12+,13+/m1/s1. The van der Waals surface area contributed by atoms with Crippen LogP contribution in [0.2, 0.25) is 0 Å². The quantitative estimate of drug-likeness (QED) is 0.137. The number of carboxylic acids is 1. The minimum Gasteiger partial charge on any atom is -0.550 e. The summed E-state index contributed by atoms with van der Waals surface area (Å²) in [6.07, 6.45) is 5.17. The molecule has 4 atom stereocenters. The lowest BCUT2D eigenvalue weighted by molar-refractivity contribution is -0.313. The molecule has 2 N–H and O–H groups in total. The number of hydrogen-bond acceptors (Lipinski definition) is 8. The molecule has 0 aliphatic heterocycles. The lowest BCUT2D eigenvalue weighted by Gasteiger charge is -2.27. The van der Waals surface area contributed by atoms with Crippen LogP contribution in [0.25, 0.3) is 0 Å². The van der Waals surface area contributed by atoms with E-state index in [1.807, 2.05) is 6.08 Å². The molecule has 1 fully saturated rings. The van der Waals surface area contributed by atoms with Crippen molar-refractivity contribution >= 4 is 23.8 Å². The van der Waals surface area contributed by atoms with Crippen molar-refractivity contribution in [3.63, 3.8) is 0 Å². The second-order valence-corrected chi connectivity index (χ2v) is 5.95. The number of hydrazine groups is 1. The Morgan fingerprint density at radius 3 is 2.08 bits per heavy atom. The van der Waals surface area contributed by atoms with Gasteiger partial charge in [-0.05, 0) is 32.1 Å². The van der Waals surface area contributed by atoms with Crippen LogP contribution in [0.5, 0.6) is 0 Å². The zero-order chi connectivity index (χ0) is 19.3. The highest BCUT2D eigenvalue weighted by molar-refractivity contribution is 6.14. The number of allylic oxidation sites excluding steroid dienone is 2. The third-order valence-corrected chi connectivity index (χ3v) is 4.44. The Balaban J connectivity index is 2.03. The first-order chi connectivity index (χ1) is 12.4. The molecule has 0 spiro atoms. The van der Waals surface area contributed by atoms with E-state index in [0.29, 0.717) is 6.42 Å². The van der Waals surface area contributed by atoms with E-state index < -0.39 is 41.2 Å².